The third kappa shape index (κ3) is 3.90. The van der Waals surface area contributed by atoms with Gasteiger partial charge in [-0.15, -0.1) is 0 Å². The van der Waals surface area contributed by atoms with Crippen LogP contribution in [0.5, 0.6) is 0 Å². The molecule has 24 heavy (non-hydrogen) atoms. The van der Waals surface area contributed by atoms with Crippen LogP contribution in [-0.2, 0) is 17.6 Å². The first kappa shape index (κ1) is 16.0. The third-order valence-corrected chi connectivity index (χ3v) is 3.88. The first-order valence-electron chi connectivity index (χ1n) is 8.05. The quantitative estimate of drug-likeness (QED) is 0.758. The number of benzene rings is 2. The molecule has 0 fully saturated rings. The van der Waals surface area contributed by atoms with Crippen molar-refractivity contribution in [3.8, 4) is 11.3 Å². The first-order chi connectivity index (χ1) is 11.6. The van der Waals surface area contributed by atoms with E-state index in [-0.39, 0.29) is 12.3 Å². The van der Waals surface area contributed by atoms with Gasteiger partial charge >= 0.3 is 0 Å². The van der Waals surface area contributed by atoms with E-state index < -0.39 is 0 Å². The van der Waals surface area contributed by atoms with E-state index in [0.717, 1.165) is 17.7 Å². The van der Waals surface area contributed by atoms with Crippen molar-refractivity contribution in [1.29, 1.82) is 0 Å². The number of nitrogens with zero attached hydrogens (tertiary/aromatic N) is 1. The average molecular weight is 320 g/mol. The molecule has 0 radical (unpaired) electrons. The second-order valence-electron chi connectivity index (χ2n) is 5.82. The molecule has 2 aromatic carbocycles. The zero-order valence-electron chi connectivity index (χ0n) is 13.9. The van der Waals surface area contributed by atoms with E-state index in [2.05, 4.69) is 17.4 Å². The number of hydrogen-bond acceptors (Lipinski definition) is 3. The fourth-order valence-corrected chi connectivity index (χ4v) is 2.44. The van der Waals surface area contributed by atoms with Crippen molar-refractivity contribution in [1.82, 2.24) is 5.16 Å². The normalized spacial score (nSPS) is 10.6. The molecule has 4 heteroatoms. The van der Waals surface area contributed by atoms with Crippen LogP contribution in [-0.4, -0.2) is 11.1 Å². The van der Waals surface area contributed by atoms with Crippen LogP contribution in [0.1, 0.15) is 23.7 Å². The van der Waals surface area contributed by atoms with Gasteiger partial charge in [0.1, 0.15) is 0 Å². The highest BCUT2D eigenvalue weighted by atomic mass is 16.5. The highest BCUT2D eigenvalue weighted by molar-refractivity contribution is 5.92. The largest absolute Gasteiger partial charge is 0.356 e. The van der Waals surface area contributed by atoms with Crippen LogP contribution in [0.3, 0.4) is 0 Å². The van der Waals surface area contributed by atoms with Gasteiger partial charge in [-0.25, -0.2) is 0 Å². The average Bonchev–Trinajstić information content (AvgIpc) is 3.04. The predicted molar refractivity (Wildman–Crippen MR) is 94.8 cm³/mol. The van der Waals surface area contributed by atoms with Crippen molar-refractivity contribution >= 4 is 11.6 Å². The molecule has 1 amide bonds. The monoisotopic (exact) mass is 320 g/mol. The number of carbonyl (C=O) groups is 1. The van der Waals surface area contributed by atoms with Crippen molar-refractivity contribution < 1.29 is 9.32 Å². The van der Waals surface area contributed by atoms with Crippen LogP contribution in [0.2, 0.25) is 0 Å². The number of anilines is 1. The van der Waals surface area contributed by atoms with E-state index in [9.17, 15) is 4.79 Å². The summed E-state index contributed by atoms with van der Waals surface area (Å²) in [6.45, 7) is 4.14. The van der Waals surface area contributed by atoms with Crippen LogP contribution in [0.25, 0.3) is 11.3 Å². The van der Waals surface area contributed by atoms with Crippen LogP contribution in [0.15, 0.2) is 59.1 Å². The van der Waals surface area contributed by atoms with E-state index >= 15 is 0 Å². The molecular formula is C20H20N2O2. The fraction of sp³-hybridized carbons (Fsp3) is 0.200. The number of carbonyl (C=O) groups excluding carboxylic acids is 1. The molecule has 4 nitrogen and oxygen atoms in total. The molecule has 122 valence electrons. The second kappa shape index (κ2) is 7.13. The summed E-state index contributed by atoms with van der Waals surface area (Å²) >= 11 is 0. The Morgan fingerprint density at radius 1 is 1.08 bits per heavy atom. The van der Waals surface area contributed by atoms with E-state index in [0.29, 0.717) is 11.5 Å². The summed E-state index contributed by atoms with van der Waals surface area (Å²) in [6.07, 6.45) is 1.17. The van der Waals surface area contributed by atoms with E-state index in [1.165, 1.54) is 11.1 Å². The number of hydrogen-bond donors (Lipinski definition) is 1. The SMILES string of the molecule is CCc1ccc(NC(=O)Cc2cc(-c3ccc(C)cc3)on2)cc1. The van der Waals surface area contributed by atoms with Gasteiger partial charge < -0.3 is 9.84 Å². The molecule has 0 aliphatic carbocycles. The zero-order valence-corrected chi connectivity index (χ0v) is 13.9. The number of aryl methyl sites for hydroxylation is 2. The first-order valence-corrected chi connectivity index (χ1v) is 8.05. The Morgan fingerprint density at radius 3 is 2.46 bits per heavy atom. The molecule has 3 aromatic rings. The molecule has 0 saturated heterocycles. The van der Waals surface area contributed by atoms with Gasteiger partial charge in [0.2, 0.25) is 5.91 Å². The Hall–Kier alpha value is -2.88. The minimum atomic E-state index is -0.108. The van der Waals surface area contributed by atoms with Gasteiger partial charge in [0, 0.05) is 17.3 Å². The summed E-state index contributed by atoms with van der Waals surface area (Å²) in [5.74, 6) is 0.563. The molecule has 0 aliphatic heterocycles. The minimum Gasteiger partial charge on any atom is -0.356 e. The number of rotatable bonds is 5. The molecule has 0 aliphatic rings. The van der Waals surface area contributed by atoms with Gasteiger partial charge in [0.05, 0.1) is 12.1 Å². The Balaban J connectivity index is 1.63. The lowest BCUT2D eigenvalue weighted by Gasteiger charge is -2.04. The van der Waals surface area contributed by atoms with Gasteiger partial charge in [-0.2, -0.15) is 0 Å². The molecule has 0 atom stereocenters. The Bertz CT molecular complexity index is 818. The van der Waals surface area contributed by atoms with Crippen LogP contribution >= 0.6 is 0 Å². The summed E-state index contributed by atoms with van der Waals surface area (Å²) in [5.41, 5.74) is 4.79. The second-order valence-corrected chi connectivity index (χ2v) is 5.82. The predicted octanol–water partition coefficient (Wildman–Crippen LogP) is 4.39. The summed E-state index contributed by atoms with van der Waals surface area (Å²) in [7, 11) is 0. The van der Waals surface area contributed by atoms with E-state index in [1.807, 2.05) is 61.5 Å². The lowest BCUT2D eigenvalue weighted by Crippen LogP contribution is -2.14. The molecule has 1 N–H and O–H groups in total. The Labute approximate surface area is 141 Å². The highest BCUT2D eigenvalue weighted by Crippen LogP contribution is 2.21. The summed E-state index contributed by atoms with van der Waals surface area (Å²) in [4.78, 5) is 12.1. The summed E-state index contributed by atoms with van der Waals surface area (Å²) < 4.78 is 5.34. The maximum absolute atomic E-state index is 12.1. The Kier molecular flexibility index (Phi) is 4.75. The van der Waals surface area contributed by atoms with Gasteiger partial charge in [-0.3, -0.25) is 4.79 Å². The van der Waals surface area contributed by atoms with Crippen molar-refractivity contribution in [2.45, 2.75) is 26.7 Å². The molecule has 0 unspecified atom stereocenters. The molecule has 0 saturated carbocycles. The van der Waals surface area contributed by atoms with Gasteiger partial charge in [-0.05, 0) is 31.0 Å². The van der Waals surface area contributed by atoms with Crippen LogP contribution in [0, 0.1) is 6.92 Å². The number of amides is 1. The van der Waals surface area contributed by atoms with E-state index in [1.54, 1.807) is 0 Å². The standard InChI is InChI=1S/C20H20N2O2/c1-3-15-6-10-17(11-7-15)21-20(23)13-18-12-19(24-22-18)16-8-4-14(2)5-9-16/h4-12H,3,13H2,1-2H3,(H,21,23). The molecule has 0 spiro atoms. The maximum atomic E-state index is 12.1. The van der Waals surface area contributed by atoms with Crippen molar-refractivity contribution in [3.05, 3.63) is 71.4 Å². The highest BCUT2D eigenvalue weighted by Gasteiger charge is 2.11. The molecule has 0 bridgehead atoms. The van der Waals surface area contributed by atoms with Crippen molar-refractivity contribution in [3.63, 3.8) is 0 Å². The maximum Gasteiger partial charge on any atom is 0.230 e. The molecular weight excluding hydrogens is 300 g/mol. The minimum absolute atomic E-state index is 0.108. The summed E-state index contributed by atoms with van der Waals surface area (Å²) in [5, 5.41) is 6.87. The van der Waals surface area contributed by atoms with Crippen molar-refractivity contribution in [2.75, 3.05) is 5.32 Å². The molecule has 1 heterocycles. The van der Waals surface area contributed by atoms with E-state index in [4.69, 9.17) is 4.52 Å². The number of nitrogens with one attached hydrogen (secondary N) is 1. The van der Waals surface area contributed by atoms with Gasteiger partial charge in [0.25, 0.3) is 0 Å². The van der Waals surface area contributed by atoms with Crippen LogP contribution in [0.4, 0.5) is 5.69 Å². The third-order valence-electron chi connectivity index (χ3n) is 3.88. The lowest BCUT2D eigenvalue weighted by atomic mass is 10.1. The Morgan fingerprint density at radius 2 is 1.79 bits per heavy atom. The van der Waals surface area contributed by atoms with Crippen LogP contribution < -0.4 is 5.32 Å². The zero-order chi connectivity index (χ0) is 16.9. The van der Waals surface area contributed by atoms with Gasteiger partial charge in [-0.1, -0.05) is 54.0 Å². The van der Waals surface area contributed by atoms with Gasteiger partial charge in [0.15, 0.2) is 5.76 Å². The molecule has 1 aromatic heterocycles. The fourth-order valence-electron chi connectivity index (χ4n) is 2.44. The van der Waals surface area contributed by atoms with Crippen molar-refractivity contribution in [2.24, 2.45) is 0 Å². The number of aromatic nitrogens is 1. The lowest BCUT2D eigenvalue weighted by molar-refractivity contribution is -0.115. The smallest absolute Gasteiger partial charge is 0.230 e. The topological polar surface area (TPSA) is 55.1 Å². The molecule has 3 rings (SSSR count). The summed E-state index contributed by atoms with van der Waals surface area (Å²) in [6, 6.07) is 17.7.